The van der Waals surface area contributed by atoms with E-state index in [0.29, 0.717) is 0 Å². The zero-order valence-corrected chi connectivity index (χ0v) is 3.05. The van der Waals surface area contributed by atoms with E-state index in [4.69, 9.17) is 5.73 Å². The predicted molar refractivity (Wildman–Crippen MR) is 21.5 cm³/mol. The first-order valence-corrected chi connectivity index (χ1v) is 1.74. The molecule has 3 heteroatoms. The van der Waals surface area contributed by atoms with Crippen LogP contribution in [0.1, 0.15) is 0 Å². The average molecular weight is 81.1 g/mol. The summed E-state index contributed by atoms with van der Waals surface area (Å²) in [7, 11) is 0. The molecule has 0 radical (unpaired) electrons. The number of nitrogens with two attached hydrogens (primary N) is 1. The van der Waals surface area contributed by atoms with E-state index in [1.54, 1.807) is 4.68 Å². The summed E-state index contributed by atoms with van der Waals surface area (Å²) in [6.45, 7) is 0. The molecule has 0 aromatic rings. The maximum absolute atomic E-state index is 5.24. The van der Waals surface area contributed by atoms with Crippen LogP contribution in [0.2, 0.25) is 0 Å². The number of fused-ring (bicyclic) bond motifs is 1. The number of hydrogen-bond donors (Lipinski definition) is 1. The molecule has 2 heterocycles. The normalized spacial score (nSPS) is 12.0. The van der Waals surface area contributed by atoms with Crippen molar-refractivity contribution in [3.63, 3.8) is 0 Å². The molecule has 0 saturated carbocycles. The molecule has 0 atom stereocenters. The molecule has 0 spiro atoms. The number of nitrogen functional groups attached to an aromatic ring is 1. The SMILES string of the molecule is Nc1cc2nn1-2. The number of rotatable bonds is 0. The second-order valence-corrected chi connectivity index (χ2v) is 1.34. The third-order valence-electron chi connectivity index (χ3n) is 0.902. The third-order valence-corrected chi connectivity index (χ3v) is 0.902. The van der Waals surface area contributed by atoms with E-state index in [9.17, 15) is 0 Å². The molecular weight excluding hydrogens is 78.1 g/mol. The Bertz CT molecular complexity index is 188. The minimum absolute atomic E-state index is 0.769. The van der Waals surface area contributed by atoms with Crippen molar-refractivity contribution in [1.82, 2.24) is 9.78 Å². The van der Waals surface area contributed by atoms with Gasteiger partial charge in [-0.2, -0.15) is 4.68 Å². The highest BCUT2D eigenvalue weighted by Gasteiger charge is 2.19. The fourth-order valence-electron chi connectivity index (χ4n) is 0.487. The Labute approximate surface area is 34.4 Å². The topological polar surface area (TPSA) is 43.8 Å². The van der Waals surface area contributed by atoms with Gasteiger partial charge in [0.2, 0.25) is 0 Å². The fraction of sp³-hybridized carbons (Fsp3) is 0. The Morgan fingerprint density at radius 3 is 2.67 bits per heavy atom. The van der Waals surface area contributed by atoms with Crippen LogP contribution in [0.15, 0.2) is 6.07 Å². The molecular formula is C3H3N3. The Morgan fingerprint density at radius 2 is 2.67 bits per heavy atom. The van der Waals surface area contributed by atoms with Crippen LogP contribution in [0.25, 0.3) is 5.82 Å². The van der Waals surface area contributed by atoms with E-state index in [-0.39, 0.29) is 0 Å². The first kappa shape index (κ1) is 2.23. The van der Waals surface area contributed by atoms with Crippen LogP contribution in [0.4, 0.5) is 5.82 Å². The van der Waals surface area contributed by atoms with Crippen LogP contribution in [-0.4, -0.2) is 9.78 Å². The summed E-state index contributed by atoms with van der Waals surface area (Å²) in [5.41, 5.74) is 5.24. The Morgan fingerprint density at radius 1 is 1.83 bits per heavy atom. The largest absolute Gasteiger partial charge is 0.383 e. The van der Waals surface area contributed by atoms with Gasteiger partial charge in [0.15, 0.2) is 5.82 Å². The maximum atomic E-state index is 5.24. The highest BCUT2D eigenvalue weighted by Crippen LogP contribution is 2.24. The third kappa shape index (κ3) is 0.0718. The minimum Gasteiger partial charge on any atom is -0.383 e. The summed E-state index contributed by atoms with van der Waals surface area (Å²) in [5.74, 6) is 1.79. The first-order valence-electron chi connectivity index (χ1n) is 1.74. The van der Waals surface area contributed by atoms with Gasteiger partial charge < -0.3 is 5.73 Å². The molecule has 0 amide bonds. The summed E-state index contributed by atoms with van der Waals surface area (Å²) in [4.78, 5) is 0. The van der Waals surface area contributed by atoms with Gasteiger partial charge in [0.1, 0.15) is 5.82 Å². The Balaban J connectivity index is 2.83. The first-order chi connectivity index (χ1) is 2.88. The van der Waals surface area contributed by atoms with Crippen molar-refractivity contribution in [2.45, 2.75) is 0 Å². The molecule has 2 rings (SSSR count). The van der Waals surface area contributed by atoms with E-state index in [0.717, 1.165) is 11.6 Å². The molecule has 3 nitrogen and oxygen atoms in total. The maximum Gasteiger partial charge on any atom is 0.180 e. The molecule has 2 aliphatic rings. The standard InChI is InChI=1S/C3H3N3/c4-2-1-3-5-6(2)3/h1H,4H2. The van der Waals surface area contributed by atoms with Crippen molar-refractivity contribution < 1.29 is 0 Å². The molecule has 0 aromatic heterocycles. The molecule has 0 saturated heterocycles. The van der Waals surface area contributed by atoms with Gasteiger partial charge in [-0.05, 0) is 0 Å². The Hall–Kier alpha value is -0.990. The van der Waals surface area contributed by atoms with Gasteiger partial charge >= 0.3 is 0 Å². The zero-order valence-electron chi connectivity index (χ0n) is 3.05. The van der Waals surface area contributed by atoms with Crippen LogP contribution in [0.5, 0.6) is 0 Å². The summed E-state index contributed by atoms with van der Waals surface area (Å²) >= 11 is 0. The molecule has 0 unspecified atom stereocenters. The predicted octanol–water partition coefficient (Wildman–Crippen LogP) is -0.232. The van der Waals surface area contributed by atoms with Gasteiger partial charge in [-0.3, -0.25) is 0 Å². The molecule has 0 fully saturated rings. The summed E-state index contributed by atoms with van der Waals surface area (Å²) < 4.78 is 1.69. The summed E-state index contributed by atoms with van der Waals surface area (Å²) in [6.07, 6.45) is 0. The van der Waals surface area contributed by atoms with E-state index in [1.165, 1.54) is 0 Å². The van der Waals surface area contributed by atoms with Crippen LogP contribution in [0.3, 0.4) is 0 Å². The highest BCUT2D eigenvalue weighted by atomic mass is 15.5. The lowest BCUT2D eigenvalue weighted by atomic mass is 10.5. The van der Waals surface area contributed by atoms with Crippen molar-refractivity contribution in [1.29, 1.82) is 0 Å². The molecule has 0 aliphatic carbocycles. The van der Waals surface area contributed by atoms with Crippen LogP contribution in [-0.2, 0) is 0 Å². The molecule has 0 bridgehead atoms. The fourth-order valence-corrected chi connectivity index (χ4v) is 0.487. The molecule has 30 valence electrons. The van der Waals surface area contributed by atoms with Crippen molar-refractivity contribution in [3.05, 3.63) is 6.07 Å². The number of anilines is 1. The van der Waals surface area contributed by atoms with Gasteiger partial charge in [-0.15, -0.1) is 5.10 Å². The molecule has 0 aromatic carbocycles. The highest BCUT2D eigenvalue weighted by molar-refractivity contribution is 5.53. The van der Waals surface area contributed by atoms with E-state index < -0.39 is 0 Å². The second-order valence-electron chi connectivity index (χ2n) is 1.34. The molecule has 2 N–H and O–H groups in total. The quantitative estimate of drug-likeness (QED) is 0.476. The summed E-state index contributed by atoms with van der Waals surface area (Å²) in [5, 5.41) is 3.78. The zero-order chi connectivity index (χ0) is 4.15. The van der Waals surface area contributed by atoms with Gasteiger partial charge in [0.05, 0.1) is 0 Å². The lowest BCUT2D eigenvalue weighted by Gasteiger charge is -1.89. The van der Waals surface area contributed by atoms with Crippen molar-refractivity contribution in [2.24, 2.45) is 0 Å². The number of hydrogen-bond acceptors (Lipinski definition) is 2. The lowest BCUT2D eigenvalue weighted by Crippen LogP contribution is -1.94. The van der Waals surface area contributed by atoms with Gasteiger partial charge in [0, 0.05) is 6.07 Å². The van der Waals surface area contributed by atoms with Crippen molar-refractivity contribution >= 4 is 5.82 Å². The van der Waals surface area contributed by atoms with Crippen LogP contribution in [0, 0.1) is 0 Å². The Kier molecular flexibility index (Phi) is 0.135. The van der Waals surface area contributed by atoms with Gasteiger partial charge in [-0.1, -0.05) is 0 Å². The van der Waals surface area contributed by atoms with Crippen LogP contribution < -0.4 is 5.73 Å². The van der Waals surface area contributed by atoms with Crippen molar-refractivity contribution in [2.75, 3.05) is 5.73 Å². The second kappa shape index (κ2) is 0.363. The van der Waals surface area contributed by atoms with Gasteiger partial charge in [-0.25, -0.2) is 0 Å². The molecule has 2 aliphatic heterocycles. The minimum atomic E-state index is 0.769. The monoisotopic (exact) mass is 81.0 g/mol. The smallest absolute Gasteiger partial charge is 0.180 e. The van der Waals surface area contributed by atoms with Crippen LogP contribution >= 0.6 is 0 Å². The van der Waals surface area contributed by atoms with E-state index in [2.05, 4.69) is 5.10 Å². The molecule has 6 heavy (non-hydrogen) atoms. The van der Waals surface area contributed by atoms with E-state index >= 15 is 0 Å². The van der Waals surface area contributed by atoms with Gasteiger partial charge in [0.25, 0.3) is 0 Å². The number of aromatic nitrogens is 2. The number of nitrogens with zero attached hydrogens (tertiary/aromatic N) is 2. The summed E-state index contributed by atoms with van der Waals surface area (Å²) in [6, 6.07) is 1.83. The average Bonchev–Trinajstić information content (AvgIpc) is 2.12. The van der Waals surface area contributed by atoms with Crippen molar-refractivity contribution in [3.8, 4) is 5.82 Å². The lowest BCUT2D eigenvalue weighted by molar-refractivity contribution is 1.12. The van der Waals surface area contributed by atoms with E-state index in [1.807, 2.05) is 6.07 Å².